The second kappa shape index (κ2) is 15.1. The fraction of sp³-hybridized carbons (Fsp3) is 0.400. The summed E-state index contributed by atoms with van der Waals surface area (Å²) in [6.07, 6.45) is 2.04. The molecule has 0 bridgehead atoms. The number of piperidine rings is 2. The van der Waals surface area contributed by atoms with Gasteiger partial charge in [0.2, 0.25) is 11.8 Å². The van der Waals surface area contributed by atoms with Gasteiger partial charge in [0.25, 0.3) is 11.8 Å². The maximum atomic E-state index is 15.6. The van der Waals surface area contributed by atoms with Crippen LogP contribution < -0.4 is 15.1 Å². The van der Waals surface area contributed by atoms with E-state index < -0.39 is 47.8 Å². The molecule has 3 amide bonds. The number of carbonyl (C=O) groups excluding carboxylic acids is 3. The highest BCUT2D eigenvalue weighted by Gasteiger charge is 2.47. The number of imide groups is 1. The molecule has 4 aliphatic heterocycles. The van der Waals surface area contributed by atoms with Crippen LogP contribution in [0.25, 0.3) is 0 Å². The normalized spacial score (nSPS) is 23.8. The number of rotatable bonds is 7. The molecular formula is C45H45F4N5O4. The van der Waals surface area contributed by atoms with Gasteiger partial charge in [0.05, 0.1) is 0 Å². The molecule has 9 rings (SSSR count). The highest BCUT2D eigenvalue weighted by molar-refractivity contribution is 6.05. The van der Waals surface area contributed by atoms with E-state index >= 15 is 8.78 Å². The Morgan fingerprint density at radius 2 is 1.45 bits per heavy atom. The molecular weight excluding hydrogens is 751 g/mol. The molecule has 0 radical (unpaired) electrons. The molecule has 0 aromatic heterocycles. The van der Waals surface area contributed by atoms with Crippen molar-refractivity contribution in [1.29, 1.82) is 0 Å². The molecule has 4 aromatic rings. The minimum atomic E-state index is -3.27. The quantitative estimate of drug-likeness (QED) is 0.156. The number of hydrogen-bond acceptors (Lipinski definition) is 7. The molecule has 3 atom stereocenters. The summed E-state index contributed by atoms with van der Waals surface area (Å²) < 4.78 is 59.4. The molecule has 1 aliphatic carbocycles. The van der Waals surface area contributed by atoms with E-state index in [1.165, 1.54) is 18.2 Å². The number of piperazine rings is 1. The van der Waals surface area contributed by atoms with Crippen LogP contribution in [0.15, 0.2) is 78.9 Å². The molecule has 2 N–H and O–H groups in total. The number of amides is 3. The lowest BCUT2D eigenvalue weighted by atomic mass is 9.68. The summed E-state index contributed by atoms with van der Waals surface area (Å²) in [4.78, 5) is 46.0. The summed E-state index contributed by atoms with van der Waals surface area (Å²) >= 11 is 0. The van der Waals surface area contributed by atoms with Crippen molar-refractivity contribution < 1.29 is 37.1 Å². The lowest BCUT2D eigenvalue weighted by Crippen LogP contribution is -2.52. The van der Waals surface area contributed by atoms with Crippen LogP contribution in [0.5, 0.6) is 5.75 Å². The van der Waals surface area contributed by atoms with Gasteiger partial charge < -0.3 is 19.8 Å². The molecule has 0 unspecified atom stereocenters. The van der Waals surface area contributed by atoms with E-state index in [-0.39, 0.29) is 29.5 Å². The Kier molecular flexibility index (Phi) is 9.90. The second-order valence-corrected chi connectivity index (χ2v) is 16.5. The van der Waals surface area contributed by atoms with E-state index in [1.54, 1.807) is 4.90 Å². The lowest BCUT2D eigenvalue weighted by Gasteiger charge is -2.40. The van der Waals surface area contributed by atoms with Gasteiger partial charge in [-0.25, -0.2) is 17.6 Å². The molecule has 9 nitrogen and oxygen atoms in total. The maximum Gasteiger partial charge on any atom is 0.274 e. The highest BCUT2D eigenvalue weighted by atomic mass is 19.3. The SMILES string of the molecule is O=C1CC[C@H](N2Cc3cc(N4CCN(CC5CCN(c6ccc([C@H]7c8ccc(O)cc8C(F)(F)C[C@H]7c7ccc(F)c(F)c7)cc6)CC5)CC4)ccc3C2=O)C(=O)N1. The molecule has 5 aliphatic rings. The third kappa shape index (κ3) is 7.18. The predicted molar refractivity (Wildman–Crippen MR) is 210 cm³/mol. The summed E-state index contributed by atoms with van der Waals surface area (Å²) in [5.74, 6) is -7.31. The van der Waals surface area contributed by atoms with E-state index in [1.807, 2.05) is 36.4 Å². The number of benzene rings is 4. The molecule has 3 fully saturated rings. The zero-order valence-electron chi connectivity index (χ0n) is 32.0. The number of halogens is 4. The fourth-order valence-corrected chi connectivity index (χ4v) is 9.90. The van der Waals surface area contributed by atoms with Crippen LogP contribution >= 0.6 is 0 Å². The van der Waals surface area contributed by atoms with Gasteiger partial charge >= 0.3 is 0 Å². The van der Waals surface area contributed by atoms with Crippen LogP contribution in [0, 0.1) is 17.6 Å². The molecule has 58 heavy (non-hydrogen) atoms. The summed E-state index contributed by atoms with van der Waals surface area (Å²) in [7, 11) is 0. The second-order valence-electron chi connectivity index (χ2n) is 16.5. The largest absolute Gasteiger partial charge is 0.508 e. The van der Waals surface area contributed by atoms with Crippen LogP contribution in [-0.2, 0) is 22.1 Å². The Bertz CT molecular complexity index is 2250. The zero-order valence-corrected chi connectivity index (χ0v) is 32.0. The number of anilines is 2. The number of fused-ring (bicyclic) bond motifs is 2. The number of phenols is 1. The number of alkyl halides is 2. The summed E-state index contributed by atoms with van der Waals surface area (Å²) in [5, 5.41) is 12.5. The minimum Gasteiger partial charge on any atom is -0.508 e. The topological polar surface area (TPSA) is 96.4 Å². The van der Waals surface area contributed by atoms with Crippen molar-refractivity contribution in [2.45, 2.75) is 62.4 Å². The van der Waals surface area contributed by atoms with Crippen molar-refractivity contribution >= 4 is 29.1 Å². The molecule has 302 valence electrons. The van der Waals surface area contributed by atoms with Gasteiger partial charge in [0.15, 0.2) is 11.6 Å². The molecule has 3 saturated heterocycles. The average molecular weight is 796 g/mol. The lowest BCUT2D eigenvalue weighted by molar-refractivity contribution is -0.136. The third-order valence-electron chi connectivity index (χ3n) is 13.0. The first kappa shape index (κ1) is 38.1. The smallest absolute Gasteiger partial charge is 0.274 e. The molecule has 0 saturated carbocycles. The van der Waals surface area contributed by atoms with Crippen molar-refractivity contribution in [3.05, 3.63) is 124 Å². The van der Waals surface area contributed by atoms with Gasteiger partial charge in [0, 0.05) is 99.5 Å². The Morgan fingerprint density at radius 1 is 0.741 bits per heavy atom. The van der Waals surface area contributed by atoms with Crippen LogP contribution in [0.3, 0.4) is 0 Å². The van der Waals surface area contributed by atoms with Crippen molar-refractivity contribution in [1.82, 2.24) is 15.1 Å². The summed E-state index contributed by atoms with van der Waals surface area (Å²) in [6.45, 7) is 6.77. The number of phenolic OH excluding ortho intramolecular Hbond substituents is 1. The number of nitrogens with one attached hydrogen (secondary N) is 1. The van der Waals surface area contributed by atoms with E-state index in [0.717, 1.165) is 99.4 Å². The van der Waals surface area contributed by atoms with Gasteiger partial charge in [-0.2, -0.15) is 0 Å². The monoisotopic (exact) mass is 795 g/mol. The predicted octanol–water partition coefficient (Wildman–Crippen LogP) is 6.88. The minimum absolute atomic E-state index is 0.165. The molecule has 13 heteroatoms. The number of hydrogen-bond donors (Lipinski definition) is 2. The Morgan fingerprint density at radius 3 is 2.17 bits per heavy atom. The average Bonchev–Trinajstić information content (AvgIpc) is 3.54. The summed E-state index contributed by atoms with van der Waals surface area (Å²) in [5.41, 5.74) is 4.85. The highest BCUT2D eigenvalue weighted by Crippen LogP contribution is 2.55. The maximum absolute atomic E-state index is 15.6. The standard InChI is InChI=1S/C45H45F4N5O4/c46-38-10-3-29(22-39(38)47)36-24-45(48,49)37-23-33(55)7-9-35(37)42(36)28-1-4-31(5-2-28)52-15-13-27(14-16-52)25-51-17-19-53(20-18-51)32-6-8-34-30(21-32)26-54(44(34)58)40-11-12-41(56)50-43(40)57/h1-10,21-23,27,36,40,42,55H,11-20,24-26H2,(H,50,56,57)/t36-,40-,42-/m0/s1. The number of nitrogens with zero attached hydrogens (tertiary/aromatic N) is 4. The van der Waals surface area contributed by atoms with E-state index in [4.69, 9.17) is 0 Å². The van der Waals surface area contributed by atoms with Crippen LogP contribution in [0.1, 0.15) is 82.1 Å². The van der Waals surface area contributed by atoms with Crippen molar-refractivity contribution in [2.24, 2.45) is 5.92 Å². The van der Waals surface area contributed by atoms with Gasteiger partial charge in [-0.05, 0) is 102 Å². The van der Waals surface area contributed by atoms with Crippen molar-refractivity contribution in [3.8, 4) is 5.75 Å². The molecule has 0 spiro atoms. The number of aromatic hydroxyl groups is 1. The van der Waals surface area contributed by atoms with Gasteiger partial charge in [-0.3, -0.25) is 24.6 Å². The molecule has 4 aromatic carbocycles. The Labute approximate surface area is 334 Å². The van der Waals surface area contributed by atoms with Gasteiger partial charge in [0.1, 0.15) is 11.8 Å². The third-order valence-corrected chi connectivity index (χ3v) is 13.0. The van der Waals surface area contributed by atoms with E-state index in [0.29, 0.717) is 35.6 Å². The molecule has 4 heterocycles. The van der Waals surface area contributed by atoms with E-state index in [2.05, 4.69) is 26.1 Å². The van der Waals surface area contributed by atoms with Crippen molar-refractivity contribution in [3.63, 3.8) is 0 Å². The zero-order chi connectivity index (χ0) is 40.3. The van der Waals surface area contributed by atoms with Crippen LogP contribution in [-0.4, -0.2) is 84.5 Å². The first-order valence-electron chi connectivity index (χ1n) is 20.2. The number of carbonyl (C=O) groups is 3. The van der Waals surface area contributed by atoms with Crippen LogP contribution in [0.2, 0.25) is 0 Å². The van der Waals surface area contributed by atoms with Gasteiger partial charge in [-0.1, -0.05) is 24.3 Å². The Hall–Kier alpha value is -5.43. The van der Waals surface area contributed by atoms with Crippen LogP contribution in [0.4, 0.5) is 28.9 Å². The van der Waals surface area contributed by atoms with Gasteiger partial charge in [-0.15, -0.1) is 0 Å². The first-order valence-corrected chi connectivity index (χ1v) is 20.2. The van der Waals surface area contributed by atoms with E-state index in [9.17, 15) is 28.3 Å². The first-order chi connectivity index (χ1) is 27.9. The fourth-order valence-electron chi connectivity index (χ4n) is 9.90. The Balaban J connectivity index is 0.803. The van der Waals surface area contributed by atoms with Crippen molar-refractivity contribution in [2.75, 3.05) is 55.6 Å². The summed E-state index contributed by atoms with van der Waals surface area (Å²) in [6, 6.07) is 20.7.